The van der Waals surface area contributed by atoms with Crippen molar-refractivity contribution in [3.63, 3.8) is 0 Å². The molecule has 1 aromatic heterocycles. The van der Waals surface area contributed by atoms with E-state index in [1.54, 1.807) is 25.2 Å². The van der Waals surface area contributed by atoms with Crippen LogP contribution in [0.15, 0.2) is 29.7 Å². The van der Waals surface area contributed by atoms with E-state index in [-0.39, 0.29) is 6.04 Å². The summed E-state index contributed by atoms with van der Waals surface area (Å²) in [5, 5.41) is 8.80. The van der Waals surface area contributed by atoms with E-state index in [1.165, 1.54) is 0 Å². The van der Waals surface area contributed by atoms with E-state index >= 15 is 0 Å². The number of nitrogens with zero attached hydrogens (tertiary/aromatic N) is 3. The lowest BCUT2D eigenvalue weighted by atomic mass is 10.1. The number of benzene rings is 1. The molecule has 2 N–H and O–H groups in total. The van der Waals surface area contributed by atoms with Gasteiger partial charge in [0.15, 0.2) is 5.16 Å². The summed E-state index contributed by atoms with van der Waals surface area (Å²) in [6, 6.07) is 6.07. The van der Waals surface area contributed by atoms with Gasteiger partial charge in [0.1, 0.15) is 12.1 Å². The first-order valence-corrected chi connectivity index (χ1v) is 6.99. The normalized spacial score (nSPS) is 12.4. The molecule has 1 unspecified atom stereocenters. The molecule has 1 atom stereocenters. The first-order valence-electron chi connectivity index (χ1n) is 6.01. The third-order valence-corrected chi connectivity index (χ3v) is 3.94. The number of thioether (sulfide) groups is 1. The Labute approximate surface area is 117 Å². The molecule has 19 heavy (non-hydrogen) atoms. The van der Waals surface area contributed by atoms with Crippen molar-refractivity contribution >= 4 is 11.8 Å². The highest BCUT2D eigenvalue weighted by Crippen LogP contribution is 2.28. The van der Waals surface area contributed by atoms with Crippen LogP contribution in [-0.4, -0.2) is 21.9 Å². The fourth-order valence-electron chi connectivity index (χ4n) is 1.74. The average Bonchev–Trinajstić information content (AvgIpc) is 2.81. The van der Waals surface area contributed by atoms with Crippen molar-refractivity contribution in [2.24, 2.45) is 12.8 Å². The minimum Gasteiger partial charge on any atom is -0.496 e. The summed E-state index contributed by atoms with van der Waals surface area (Å²) in [5.74, 6) is 1.65. The predicted octanol–water partition coefficient (Wildman–Crippen LogP) is 2.14. The van der Waals surface area contributed by atoms with Crippen LogP contribution in [0.3, 0.4) is 0 Å². The van der Waals surface area contributed by atoms with E-state index in [0.29, 0.717) is 0 Å². The number of aryl methyl sites for hydroxylation is 1. The van der Waals surface area contributed by atoms with E-state index in [0.717, 1.165) is 27.8 Å². The van der Waals surface area contributed by atoms with E-state index < -0.39 is 0 Å². The Kier molecular flexibility index (Phi) is 4.44. The van der Waals surface area contributed by atoms with Crippen molar-refractivity contribution in [2.75, 3.05) is 7.11 Å². The lowest BCUT2D eigenvalue weighted by molar-refractivity contribution is 0.411. The van der Waals surface area contributed by atoms with E-state index in [4.69, 9.17) is 10.5 Å². The van der Waals surface area contributed by atoms with E-state index in [9.17, 15) is 0 Å². The van der Waals surface area contributed by atoms with Gasteiger partial charge in [-0.25, -0.2) is 0 Å². The first kappa shape index (κ1) is 13.9. The van der Waals surface area contributed by atoms with E-state index in [2.05, 4.69) is 16.3 Å². The molecule has 6 heteroatoms. The SMILES string of the molecule is COc1ccc(C(C)N)cc1CSc1nncn1C. The minimum atomic E-state index is 0.0180. The Bertz CT molecular complexity index is 553. The van der Waals surface area contributed by atoms with Crippen LogP contribution in [0.1, 0.15) is 24.1 Å². The molecule has 102 valence electrons. The summed E-state index contributed by atoms with van der Waals surface area (Å²) in [4.78, 5) is 0. The van der Waals surface area contributed by atoms with Crippen LogP contribution >= 0.6 is 11.8 Å². The first-order chi connectivity index (χ1) is 9.11. The van der Waals surface area contributed by atoms with Gasteiger partial charge in [-0.1, -0.05) is 17.8 Å². The number of methoxy groups -OCH3 is 1. The Balaban J connectivity index is 2.18. The zero-order valence-corrected chi connectivity index (χ0v) is 12.1. The number of ether oxygens (including phenoxy) is 1. The van der Waals surface area contributed by atoms with Crippen LogP contribution in [-0.2, 0) is 12.8 Å². The third kappa shape index (κ3) is 3.27. The summed E-state index contributed by atoms with van der Waals surface area (Å²) in [7, 11) is 3.61. The second-order valence-electron chi connectivity index (χ2n) is 4.37. The number of aromatic nitrogens is 3. The van der Waals surface area contributed by atoms with Gasteiger partial charge < -0.3 is 15.0 Å². The standard InChI is InChI=1S/C13H18N4OS/c1-9(14)10-4-5-12(18-3)11(6-10)7-19-13-16-15-8-17(13)2/h4-6,8-9H,7,14H2,1-3H3. The highest BCUT2D eigenvalue weighted by atomic mass is 32.2. The van der Waals surface area contributed by atoms with Crippen LogP contribution in [0.4, 0.5) is 0 Å². The molecule has 2 rings (SSSR count). The highest BCUT2D eigenvalue weighted by molar-refractivity contribution is 7.98. The molecule has 0 aliphatic carbocycles. The van der Waals surface area contributed by atoms with Gasteiger partial charge in [0.25, 0.3) is 0 Å². The van der Waals surface area contributed by atoms with Gasteiger partial charge in [-0.05, 0) is 24.6 Å². The van der Waals surface area contributed by atoms with Crippen molar-refractivity contribution in [3.8, 4) is 5.75 Å². The molecule has 0 aliphatic heterocycles. The fraction of sp³-hybridized carbons (Fsp3) is 0.385. The van der Waals surface area contributed by atoms with Gasteiger partial charge in [0.05, 0.1) is 7.11 Å². The third-order valence-electron chi connectivity index (χ3n) is 2.86. The second kappa shape index (κ2) is 6.08. The van der Waals surface area contributed by atoms with Gasteiger partial charge in [-0.2, -0.15) is 0 Å². The largest absolute Gasteiger partial charge is 0.496 e. The van der Waals surface area contributed by atoms with Crippen molar-refractivity contribution in [2.45, 2.75) is 23.9 Å². The Morgan fingerprint density at radius 2 is 2.26 bits per heavy atom. The summed E-state index contributed by atoms with van der Waals surface area (Å²) in [6.45, 7) is 1.97. The lowest BCUT2D eigenvalue weighted by Crippen LogP contribution is -2.05. The maximum Gasteiger partial charge on any atom is 0.191 e. The van der Waals surface area contributed by atoms with Crippen LogP contribution in [0.5, 0.6) is 5.75 Å². The molecular weight excluding hydrogens is 260 g/mol. The van der Waals surface area contributed by atoms with Gasteiger partial charge in [0, 0.05) is 24.4 Å². The number of nitrogens with two attached hydrogens (primary N) is 1. The zero-order chi connectivity index (χ0) is 13.8. The van der Waals surface area contributed by atoms with Crippen molar-refractivity contribution in [1.82, 2.24) is 14.8 Å². The average molecular weight is 278 g/mol. The van der Waals surface area contributed by atoms with Crippen LogP contribution < -0.4 is 10.5 Å². The summed E-state index contributed by atoms with van der Waals surface area (Å²) in [6.07, 6.45) is 1.69. The molecule has 0 spiro atoms. The second-order valence-corrected chi connectivity index (χ2v) is 5.32. The van der Waals surface area contributed by atoms with E-state index in [1.807, 2.05) is 30.7 Å². The molecule has 1 aromatic carbocycles. The minimum absolute atomic E-state index is 0.0180. The molecule has 1 heterocycles. The molecule has 0 aliphatic rings. The van der Waals surface area contributed by atoms with Crippen molar-refractivity contribution < 1.29 is 4.74 Å². The maximum absolute atomic E-state index is 5.91. The van der Waals surface area contributed by atoms with Crippen LogP contribution in [0, 0.1) is 0 Å². The van der Waals surface area contributed by atoms with Gasteiger partial charge in [-0.15, -0.1) is 10.2 Å². The molecule has 0 saturated carbocycles. The van der Waals surface area contributed by atoms with Crippen molar-refractivity contribution in [3.05, 3.63) is 35.7 Å². The zero-order valence-electron chi connectivity index (χ0n) is 11.3. The summed E-state index contributed by atoms with van der Waals surface area (Å²) >= 11 is 1.63. The number of rotatable bonds is 5. The highest BCUT2D eigenvalue weighted by Gasteiger charge is 2.09. The quantitative estimate of drug-likeness (QED) is 0.849. The maximum atomic E-state index is 5.91. The van der Waals surface area contributed by atoms with Crippen LogP contribution in [0.25, 0.3) is 0 Å². The molecular formula is C13H18N4OS. The van der Waals surface area contributed by atoms with Gasteiger partial charge in [0.2, 0.25) is 0 Å². The smallest absolute Gasteiger partial charge is 0.191 e. The Morgan fingerprint density at radius 3 is 2.84 bits per heavy atom. The Hall–Kier alpha value is -1.53. The monoisotopic (exact) mass is 278 g/mol. The molecule has 0 amide bonds. The molecule has 2 aromatic rings. The molecule has 0 fully saturated rings. The van der Waals surface area contributed by atoms with Gasteiger partial charge in [-0.3, -0.25) is 0 Å². The van der Waals surface area contributed by atoms with Crippen LogP contribution in [0.2, 0.25) is 0 Å². The summed E-state index contributed by atoms with van der Waals surface area (Å²) in [5.41, 5.74) is 8.14. The number of hydrogen-bond donors (Lipinski definition) is 1. The number of hydrogen-bond acceptors (Lipinski definition) is 5. The predicted molar refractivity (Wildman–Crippen MR) is 76.2 cm³/mol. The molecule has 0 radical (unpaired) electrons. The van der Waals surface area contributed by atoms with Gasteiger partial charge >= 0.3 is 0 Å². The Morgan fingerprint density at radius 1 is 1.47 bits per heavy atom. The summed E-state index contributed by atoms with van der Waals surface area (Å²) < 4.78 is 7.28. The molecule has 5 nitrogen and oxygen atoms in total. The molecule has 0 saturated heterocycles. The lowest BCUT2D eigenvalue weighted by Gasteiger charge is -2.12. The topological polar surface area (TPSA) is 66.0 Å². The molecule has 0 bridgehead atoms. The van der Waals surface area contributed by atoms with Crippen molar-refractivity contribution in [1.29, 1.82) is 0 Å². The fourth-order valence-corrected chi connectivity index (χ4v) is 2.61.